The minimum absolute atomic E-state index is 0.290. The van der Waals surface area contributed by atoms with E-state index in [9.17, 15) is 4.79 Å². The Hall–Kier alpha value is -2.88. The molecule has 4 heteroatoms. The normalized spacial score (nSPS) is 10.9. The van der Waals surface area contributed by atoms with Crippen LogP contribution in [0.2, 0.25) is 0 Å². The van der Waals surface area contributed by atoms with Crippen molar-refractivity contribution in [2.24, 2.45) is 5.92 Å². The fraction of sp³-hybridized carbons (Fsp3) is 0.238. The minimum Gasteiger partial charge on any atom is -0.497 e. The van der Waals surface area contributed by atoms with E-state index in [1.165, 1.54) is 0 Å². The van der Waals surface area contributed by atoms with Gasteiger partial charge in [0.25, 0.3) is 0 Å². The zero-order valence-corrected chi connectivity index (χ0v) is 14.7. The van der Waals surface area contributed by atoms with Crippen LogP contribution in [0.25, 0.3) is 22.2 Å². The van der Waals surface area contributed by atoms with Crippen LogP contribution in [-0.2, 0) is 4.74 Å². The molecule has 1 aromatic heterocycles. The molecule has 3 aromatic rings. The summed E-state index contributed by atoms with van der Waals surface area (Å²) in [5.41, 5.74) is 2.96. The highest BCUT2D eigenvalue weighted by molar-refractivity contribution is 6.04. The van der Waals surface area contributed by atoms with Gasteiger partial charge in [-0.2, -0.15) is 0 Å². The Bertz CT molecular complexity index is 885. The van der Waals surface area contributed by atoms with Crippen LogP contribution in [0.4, 0.5) is 0 Å². The molecule has 25 heavy (non-hydrogen) atoms. The third-order valence-corrected chi connectivity index (χ3v) is 3.87. The lowest BCUT2D eigenvalue weighted by atomic mass is 10.0. The average Bonchev–Trinajstić information content (AvgIpc) is 2.65. The van der Waals surface area contributed by atoms with Crippen LogP contribution in [0.15, 0.2) is 54.6 Å². The van der Waals surface area contributed by atoms with E-state index in [-0.39, 0.29) is 11.9 Å². The Morgan fingerprint density at radius 3 is 2.48 bits per heavy atom. The number of benzene rings is 2. The van der Waals surface area contributed by atoms with E-state index in [2.05, 4.69) is 0 Å². The molecule has 0 radical (unpaired) electrons. The van der Waals surface area contributed by atoms with Crippen molar-refractivity contribution in [1.29, 1.82) is 0 Å². The Morgan fingerprint density at radius 1 is 1.08 bits per heavy atom. The van der Waals surface area contributed by atoms with Crippen molar-refractivity contribution < 1.29 is 14.3 Å². The van der Waals surface area contributed by atoms with Gasteiger partial charge in [0.1, 0.15) is 5.75 Å². The predicted octanol–water partition coefficient (Wildman–Crippen LogP) is 4.72. The standard InChI is InChI=1S/C21H21NO3/c1-14(2)13-25-21(23)18-12-20(15-8-10-16(24-3)11-9-15)22-19-7-5-4-6-17(18)19/h4-12,14H,13H2,1-3H3. The molecule has 1 heterocycles. The van der Waals surface area contributed by atoms with Crippen molar-refractivity contribution in [3.63, 3.8) is 0 Å². The average molecular weight is 335 g/mol. The first kappa shape index (κ1) is 17.0. The molecular weight excluding hydrogens is 314 g/mol. The zero-order chi connectivity index (χ0) is 17.8. The summed E-state index contributed by atoms with van der Waals surface area (Å²) < 4.78 is 10.6. The SMILES string of the molecule is COc1ccc(-c2cc(C(=O)OCC(C)C)c3ccccc3n2)cc1. The number of para-hydroxylation sites is 1. The molecule has 0 atom stereocenters. The Labute approximate surface area is 147 Å². The highest BCUT2D eigenvalue weighted by Crippen LogP contribution is 2.26. The molecule has 0 saturated carbocycles. The predicted molar refractivity (Wildman–Crippen MR) is 98.9 cm³/mol. The van der Waals surface area contributed by atoms with E-state index in [0.29, 0.717) is 12.2 Å². The summed E-state index contributed by atoms with van der Waals surface area (Å²) in [6, 6.07) is 17.0. The number of rotatable bonds is 5. The minimum atomic E-state index is -0.318. The number of nitrogens with zero attached hydrogens (tertiary/aromatic N) is 1. The highest BCUT2D eigenvalue weighted by atomic mass is 16.5. The van der Waals surface area contributed by atoms with Gasteiger partial charge in [-0.1, -0.05) is 32.0 Å². The molecule has 0 aliphatic heterocycles. The van der Waals surface area contributed by atoms with Crippen LogP contribution < -0.4 is 4.74 Å². The van der Waals surface area contributed by atoms with E-state index in [4.69, 9.17) is 14.5 Å². The topological polar surface area (TPSA) is 48.4 Å². The van der Waals surface area contributed by atoms with Crippen molar-refractivity contribution in [2.75, 3.05) is 13.7 Å². The second kappa shape index (κ2) is 7.34. The van der Waals surface area contributed by atoms with Crippen LogP contribution in [-0.4, -0.2) is 24.7 Å². The van der Waals surface area contributed by atoms with Gasteiger partial charge in [0.05, 0.1) is 30.5 Å². The summed E-state index contributed by atoms with van der Waals surface area (Å²) in [5, 5.41) is 0.800. The molecule has 0 fully saturated rings. The van der Waals surface area contributed by atoms with Crippen LogP contribution in [0, 0.1) is 5.92 Å². The van der Waals surface area contributed by atoms with Crippen molar-refractivity contribution in [3.8, 4) is 17.0 Å². The lowest BCUT2D eigenvalue weighted by Gasteiger charge is -2.11. The number of fused-ring (bicyclic) bond motifs is 1. The number of ether oxygens (including phenoxy) is 2. The summed E-state index contributed by atoms with van der Waals surface area (Å²) in [6.07, 6.45) is 0. The smallest absolute Gasteiger partial charge is 0.338 e. The van der Waals surface area contributed by atoms with Crippen molar-refractivity contribution >= 4 is 16.9 Å². The number of aromatic nitrogens is 1. The first-order valence-corrected chi connectivity index (χ1v) is 8.30. The number of carbonyl (C=O) groups is 1. The fourth-order valence-electron chi connectivity index (χ4n) is 2.57. The molecule has 0 N–H and O–H groups in total. The van der Waals surface area contributed by atoms with E-state index < -0.39 is 0 Å². The Morgan fingerprint density at radius 2 is 1.80 bits per heavy atom. The second-order valence-corrected chi connectivity index (χ2v) is 6.29. The van der Waals surface area contributed by atoms with Gasteiger partial charge in [-0.05, 0) is 42.3 Å². The summed E-state index contributed by atoms with van der Waals surface area (Å²) in [5.74, 6) is 0.751. The van der Waals surface area contributed by atoms with Gasteiger partial charge >= 0.3 is 5.97 Å². The molecule has 0 aliphatic rings. The van der Waals surface area contributed by atoms with E-state index in [1.807, 2.05) is 62.4 Å². The van der Waals surface area contributed by atoms with Gasteiger partial charge in [0.15, 0.2) is 0 Å². The first-order valence-electron chi connectivity index (χ1n) is 8.30. The lowest BCUT2D eigenvalue weighted by Crippen LogP contribution is -2.11. The monoisotopic (exact) mass is 335 g/mol. The third-order valence-electron chi connectivity index (χ3n) is 3.87. The van der Waals surface area contributed by atoms with E-state index in [1.54, 1.807) is 13.2 Å². The van der Waals surface area contributed by atoms with Crippen LogP contribution in [0.5, 0.6) is 5.75 Å². The van der Waals surface area contributed by atoms with Gasteiger partial charge in [-0.25, -0.2) is 9.78 Å². The first-order chi connectivity index (χ1) is 12.1. The van der Waals surface area contributed by atoms with Gasteiger partial charge in [-0.15, -0.1) is 0 Å². The molecule has 3 rings (SSSR count). The van der Waals surface area contributed by atoms with Gasteiger partial charge in [0, 0.05) is 10.9 Å². The van der Waals surface area contributed by atoms with Gasteiger partial charge in [-0.3, -0.25) is 0 Å². The molecule has 128 valence electrons. The zero-order valence-electron chi connectivity index (χ0n) is 14.7. The second-order valence-electron chi connectivity index (χ2n) is 6.29. The maximum atomic E-state index is 12.6. The molecule has 0 amide bonds. The molecule has 0 spiro atoms. The molecule has 0 aliphatic carbocycles. The lowest BCUT2D eigenvalue weighted by molar-refractivity contribution is 0.0461. The molecule has 2 aromatic carbocycles. The number of hydrogen-bond acceptors (Lipinski definition) is 4. The van der Waals surface area contributed by atoms with E-state index in [0.717, 1.165) is 27.9 Å². The Kier molecular flexibility index (Phi) is 4.98. The van der Waals surface area contributed by atoms with Crippen molar-refractivity contribution in [1.82, 2.24) is 4.98 Å². The molecular formula is C21H21NO3. The summed E-state index contributed by atoms with van der Waals surface area (Å²) in [7, 11) is 1.63. The van der Waals surface area contributed by atoms with Crippen LogP contribution in [0.3, 0.4) is 0 Å². The van der Waals surface area contributed by atoms with Crippen molar-refractivity contribution in [3.05, 3.63) is 60.2 Å². The molecule has 0 saturated heterocycles. The number of esters is 1. The van der Waals surface area contributed by atoms with Gasteiger partial charge in [0.2, 0.25) is 0 Å². The number of pyridine rings is 1. The van der Waals surface area contributed by atoms with Crippen LogP contribution >= 0.6 is 0 Å². The van der Waals surface area contributed by atoms with E-state index >= 15 is 0 Å². The van der Waals surface area contributed by atoms with Crippen LogP contribution in [0.1, 0.15) is 24.2 Å². The van der Waals surface area contributed by atoms with Gasteiger partial charge < -0.3 is 9.47 Å². The maximum Gasteiger partial charge on any atom is 0.338 e. The Balaban J connectivity index is 2.06. The number of carbonyl (C=O) groups excluding carboxylic acids is 1. The molecule has 4 nitrogen and oxygen atoms in total. The largest absolute Gasteiger partial charge is 0.497 e. The number of methoxy groups -OCH3 is 1. The highest BCUT2D eigenvalue weighted by Gasteiger charge is 2.15. The number of hydrogen-bond donors (Lipinski definition) is 0. The van der Waals surface area contributed by atoms with Crippen molar-refractivity contribution in [2.45, 2.75) is 13.8 Å². The molecule has 0 bridgehead atoms. The summed E-state index contributed by atoms with van der Waals surface area (Å²) >= 11 is 0. The molecule has 0 unspecified atom stereocenters. The summed E-state index contributed by atoms with van der Waals surface area (Å²) in [4.78, 5) is 17.3. The quantitative estimate of drug-likeness (QED) is 0.633. The fourth-order valence-corrected chi connectivity index (χ4v) is 2.57. The maximum absolute atomic E-state index is 12.6. The third kappa shape index (κ3) is 3.79. The summed E-state index contributed by atoms with van der Waals surface area (Å²) in [6.45, 7) is 4.43.